The highest BCUT2D eigenvalue weighted by Crippen LogP contribution is 2.42. The van der Waals surface area contributed by atoms with Crippen molar-refractivity contribution in [1.29, 1.82) is 0 Å². The number of hydrogen-bond acceptors (Lipinski definition) is 2. The van der Waals surface area contributed by atoms with Crippen molar-refractivity contribution in [2.45, 2.75) is 45.1 Å². The van der Waals surface area contributed by atoms with Gasteiger partial charge in [-0.25, -0.2) is 0 Å². The fourth-order valence-corrected chi connectivity index (χ4v) is 2.98. The van der Waals surface area contributed by atoms with Gasteiger partial charge in [-0.1, -0.05) is 0 Å². The summed E-state index contributed by atoms with van der Waals surface area (Å²) >= 11 is 0. The largest absolute Gasteiger partial charge is 0.376 e. The van der Waals surface area contributed by atoms with Crippen LogP contribution in [0.2, 0.25) is 0 Å². The van der Waals surface area contributed by atoms with Crippen LogP contribution in [0.5, 0.6) is 0 Å². The molecule has 0 saturated carbocycles. The summed E-state index contributed by atoms with van der Waals surface area (Å²) in [6, 6.07) is 0. The highest BCUT2D eigenvalue weighted by atomic mass is 16.5. The van der Waals surface area contributed by atoms with E-state index in [9.17, 15) is 0 Å². The highest BCUT2D eigenvalue weighted by Gasteiger charge is 2.41. The molecule has 0 bridgehead atoms. The second-order valence-electron chi connectivity index (χ2n) is 5.32. The molecule has 2 fully saturated rings. The van der Waals surface area contributed by atoms with Crippen molar-refractivity contribution in [3.05, 3.63) is 0 Å². The third-order valence-electron chi connectivity index (χ3n) is 3.49. The molecule has 1 N–H and O–H groups in total. The first kappa shape index (κ1) is 9.47. The van der Waals surface area contributed by atoms with Gasteiger partial charge in [0.1, 0.15) is 0 Å². The number of hydrogen-bond donors (Lipinski definition) is 1. The first-order valence-corrected chi connectivity index (χ1v) is 5.47. The normalized spacial score (nSPS) is 39.2. The van der Waals surface area contributed by atoms with Crippen molar-refractivity contribution >= 4 is 0 Å². The summed E-state index contributed by atoms with van der Waals surface area (Å²) < 4.78 is 5.77. The van der Waals surface area contributed by atoms with Crippen LogP contribution in [0.3, 0.4) is 0 Å². The van der Waals surface area contributed by atoms with Crippen LogP contribution in [0.1, 0.15) is 39.5 Å². The number of piperidine rings is 1. The molecule has 0 radical (unpaired) electrons. The van der Waals surface area contributed by atoms with Crippen LogP contribution < -0.4 is 5.32 Å². The van der Waals surface area contributed by atoms with E-state index in [1.54, 1.807) is 0 Å². The van der Waals surface area contributed by atoms with Gasteiger partial charge in [0.2, 0.25) is 0 Å². The van der Waals surface area contributed by atoms with E-state index >= 15 is 0 Å². The lowest BCUT2D eigenvalue weighted by atomic mass is 9.70. The molecular weight excluding hydrogens is 162 g/mol. The highest BCUT2D eigenvalue weighted by molar-refractivity contribution is 4.93. The molecule has 13 heavy (non-hydrogen) atoms. The van der Waals surface area contributed by atoms with Crippen molar-refractivity contribution in [3.63, 3.8) is 0 Å². The molecule has 2 saturated heterocycles. The first-order valence-electron chi connectivity index (χ1n) is 5.47. The van der Waals surface area contributed by atoms with Crippen LogP contribution in [0.25, 0.3) is 0 Å². The van der Waals surface area contributed by atoms with Gasteiger partial charge in [0.25, 0.3) is 0 Å². The molecule has 2 heterocycles. The van der Waals surface area contributed by atoms with Crippen LogP contribution in [0.4, 0.5) is 0 Å². The van der Waals surface area contributed by atoms with E-state index in [-0.39, 0.29) is 5.60 Å². The molecule has 0 amide bonds. The molecule has 1 atom stereocenters. The summed E-state index contributed by atoms with van der Waals surface area (Å²) in [6.45, 7) is 7.82. The lowest BCUT2D eigenvalue weighted by Crippen LogP contribution is -2.49. The van der Waals surface area contributed by atoms with Gasteiger partial charge < -0.3 is 10.1 Å². The Kier molecular flexibility index (Phi) is 2.37. The maximum absolute atomic E-state index is 5.77. The summed E-state index contributed by atoms with van der Waals surface area (Å²) in [7, 11) is 0. The van der Waals surface area contributed by atoms with Crippen LogP contribution in [-0.4, -0.2) is 25.3 Å². The second-order valence-corrected chi connectivity index (χ2v) is 5.32. The van der Waals surface area contributed by atoms with E-state index in [2.05, 4.69) is 19.2 Å². The van der Waals surface area contributed by atoms with E-state index in [1.165, 1.54) is 38.8 Å². The molecule has 0 aromatic rings. The van der Waals surface area contributed by atoms with Crippen molar-refractivity contribution in [2.24, 2.45) is 5.41 Å². The van der Waals surface area contributed by atoms with Crippen molar-refractivity contribution in [1.82, 2.24) is 5.32 Å². The maximum Gasteiger partial charge on any atom is 0.0632 e. The SMILES string of the molecule is CC1(C)CC2(CCCNC2)CCO1. The fourth-order valence-electron chi connectivity index (χ4n) is 2.98. The molecular formula is C11H21NO. The Labute approximate surface area is 81.0 Å². The van der Waals surface area contributed by atoms with Crippen LogP contribution in [0, 0.1) is 5.41 Å². The van der Waals surface area contributed by atoms with Crippen LogP contribution in [-0.2, 0) is 4.74 Å². The van der Waals surface area contributed by atoms with E-state index in [1.807, 2.05) is 0 Å². The van der Waals surface area contributed by atoms with Gasteiger partial charge in [-0.15, -0.1) is 0 Å². The third-order valence-corrected chi connectivity index (χ3v) is 3.49. The van der Waals surface area contributed by atoms with E-state index in [0.29, 0.717) is 5.41 Å². The fraction of sp³-hybridized carbons (Fsp3) is 1.00. The zero-order valence-electron chi connectivity index (χ0n) is 8.86. The minimum atomic E-state index is 0.108. The Morgan fingerprint density at radius 3 is 2.69 bits per heavy atom. The topological polar surface area (TPSA) is 21.3 Å². The third kappa shape index (κ3) is 2.05. The minimum absolute atomic E-state index is 0.108. The molecule has 0 aliphatic carbocycles. The van der Waals surface area contributed by atoms with Crippen molar-refractivity contribution in [2.75, 3.05) is 19.7 Å². The van der Waals surface area contributed by atoms with Gasteiger partial charge in [0.15, 0.2) is 0 Å². The summed E-state index contributed by atoms with van der Waals surface area (Å²) in [5.41, 5.74) is 0.664. The van der Waals surface area contributed by atoms with Gasteiger partial charge in [-0.05, 0) is 51.5 Å². The van der Waals surface area contributed by atoms with Crippen LogP contribution in [0.15, 0.2) is 0 Å². The molecule has 1 unspecified atom stereocenters. The average molecular weight is 183 g/mol. The molecule has 0 aromatic heterocycles. The van der Waals surface area contributed by atoms with Crippen LogP contribution >= 0.6 is 0 Å². The Balaban J connectivity index is 2.04. The molecule has 1 spiro atoms. The molecule has 2 aliphatic heterocycles. The molecule has 2 aliphatic rings. The lowest BCUT2D eigenvalue weighted by molar-refractivity contribution is -0.110. The van der Waals surface area contributed by atoms with E-state index < -0.39 is 0 Å². The van der Waals surface area contributed by atoms with Crippen molar-refractivity contribution < 1.29 is 4.74 Å². The molecule has 76 valence electrons. The predicted molar refractivity (Wildman–Crippen MR) is 53.8 cm³/mol. The lowest BCUT2D eigenvalue weighted by Gasteiger charge is -2.47. The zero-order chi connectivity index (χ0) is 9.36. The first-order chi connectivity index (χ1) is 6.12. The maximum atomic E-state index is 5.77. The second kappa shape index (κ2) is 3.25. The Hall–Kier alpha value is -0.0800. The predicted octanol–water partition coefficient (Wildman–Crippen LogP) is 1.95. The summed E-state index contributed by atoms with van der Waals surface area (Å²) in [6.07, 6.45) is 5.22. The number of nitrogens with one attached hydrogen (secondary N) is 1. The Morgan fingerprint density at radius 2 is 2.08 bits per heavy atom. The van der Waals surface area contributed by atoms with Gasteiger partial charge in [0, 0.05) is 13.2 Å². The summed E-state index contributed by atoms with van der Waals surface area (Å²) in [5.74, 6) is 0. The number of rotatable bonds is 0. The van der Waals surface area contributed by atoms with Gasteiger partial charge in [-0.2, -0.15) is 0 Å². The molecule has 2 rings (SSSR count). The summed E-state index contributed by atoms with van der Waals surface area (Å²) in [4.78, 5) is 0. The van der Waals surface area contributed by atoms with E-state index in [0.717, 1.165) is 6.61 Å². The van der Waals surface area contributed by atoms with Gasteiger partial charge in [0.05, 0.1) is 5.60 Å². The van der Waals surface area contributed by atoms with Gasteiger partial charge >= 0.3 is 0 Å². The zero-order valence-corrected chi connectivity index (χ0v) is 8.86. The Bertz CT molecular complexity index is 177. The minimum Gasteiger partial charge on any atom is -0.376 e. The standard InChI is InChI=1S/C11H21NO/c1-10(2)8-11(5-7-13-10)4-3-6-12-9-11/h12H,3-9H2,1-2H3. The molecule has 2 heteroatoms. The van der Waals surface area contributed by atoms with Gasteiger partial charge in [-0.3, -0.25) is 0 Å². The van der Waals surface area contributed by atoms with Crippen molar-refractivity contribution in [3.8, 4) is 0 Å². The molecule has 0 aromatic carbocycles. The smallest absolute Gasteiger partial charge is 0.0632 e. The quantitative estimate of drug-likeness (QED) is 0.619. The average Bonchev–Trinajstić information content (AvgIpc) is 2.03. The summed E-state index contributed by atoms with van der Waals surface area (Å²) in [5, 5.41) is 3.53. The monoisotopic (exact) mass is 183 g/mol. The number of ether oxygens (including phenoxy) is 1. The van der Waals surface area contributed by atoms with E-state index in [4.69, 9.17) is 4.74 Å². The Morgan fingerprint density at radius 1 is 1.23 bits per heavy atom. The molecule has 2 nitrogen and oxygen atoms in total.